The van der Waals surface area contributed by atoms with E-state index in [1.807, 2.05) is 12.3 Å². The molecule has 10 rings (SSSR count). The Morgan fingerprint density at radius 1 is 0.429 bits per heavy atom. The third-order valence-electron chi connectivity index (χ3n) is 10.4. The lowest BCUT2D eigenvalue weighted by Crippen LogP contribution is -2.15. The van der Waals surface area contributed by atoms with Crippen molar-refractivity contribution in [2.24, 2.45) is 0 Å². The highest BCUT2D eigenvalue weighted by atomic mass is 15.0. The maximum Gasteiger partial charge on any atom is 0.164 e. The summed E-state index contributed by atoms with van der Waals surface area (Å²) in [6.45, 7) is 4.61. The predicted molar refractivity (Wildman–Crippen MR) is 201 cm³/mol. The normalized spacial score (nSPS) is 13.3. The van der Waals surface area contributed by atoms with Crippen molar-refractivity contribution in [2.45, 2.75) is 19.3 Å². The van der Waals surface area contributed by atoms with Crippen molar-refractivity contribution >= 4 is 32.3 Å². The Kier molecular flexibility index (Phi) is 5.89. The first-order valence-corrected chi connectivity index (χ1v) is 16.7. The summed E-state index contributed by atoms with van der Waals surface area (Å²) in [5.74, 6) is 1.96. The molecule has 0 saturated carbocycles. The van der Waals surface area contributed by atoms with Gasteiger partial charge in [-0.05, 0) is 84.4 Å². The van der Waals surface area contributed by atoms with Crippen molar-refractivity contribution < 1.29 is 0 Å². The average molecular weight is 627 g/mol. The van der Waals surface area contributed by atoms with Gasteiger partial charge in [0.15, 0.2) is 17.5 Å². The smallest absolute Gasteiger partial charge is 0.164 e. The molecular weight excluding hydrogens is 597 g/mol. The molecule has 230 valence electrons. The zero-order chi connectivity index (χ0) is 32.7. The van der Waals surface area contributed by atoms with E-state index in [1.165, 1.54) is 49.2 Å². The summed E-state index contributed by atoms with van der Waals surface area (Å²) in [6.07, 6.45) is 3.68. The zero-order valence-electron chi connectivity index (χ0n) is 27.1. The van der Waals surface area contributed by atoms with Gasteiger partial charge in [-0.25, -0.2) is 15.0 Å². The van der Waals surface area contributed by atoms with Crippen LogP contribution in [0.5, 0.6) is 0 Å². The Bertz CT molecular complexity index is 2730. The summed E-state index contributed by atoms with van der Waals surface area (Å²) in [4.78, 5) is 20.0. The highest BCUT2D eigenvalue weighted by Crippen LogP contribution is 2.49. The van der Waals surface area contributed by atoms with Gasteiger partial charge < -0.3 is 0 Å². The third kappa shape index (κ3) is 4.24. The van der Waals surface area contributed by atoms with E-state index in [-0.39, 0.29) is 5.41 Å². The van der Waals surface area contributed by atoms with Crippen LogP contribution in [0.15, 0.2) is 146 Å². The van der Waals surface area contributed by atoms with Crippen LogP contribution in [0.2, 0.25) is 0 Å². The van der Waals surface area contributed by atoms with E-state index in [0.717, 1.165) is 33.2 Å². The van der Waals surface area contributed by atoms with E-state index in [4.69, 9.17) is 15.0 Å². The summed E-state index contributed by atoms with van der Waals surface area (Å²) in [6, 6.07) is 47.6. The molecule has 9 aromatic rings. The van der Waals surface area contributed by atoms with E-state index in [0.29, 0.717) is 17.5 Å². The SMILES string of the molecule is CC1(C)c2ccccc2-c2ccc(-c3nc(-c4cccc(-c5cccnc5)c4)nc(-c4ccc5ccc6cccc7ccc4c5c67)n3)cc21. The molecule has 2 heterocycles. The Labute approximate surface area is 284 Å². The summed E-state index contributed by atoms with van der Waals surface area (Å²) in [7, 11) is 0. The van der Waals surface area contributed by atoms with Gasteiger partial charge in [0.25, 0.3) is 0 Å². The summed E-state index contributed by atoms with van der Waals surface area (Å²) in [5, 5.41) is 7.34. The van der Waals surface area contributed by atoms with Crippen molar-refractivity contribution in [3.05, 3.63) is 157 Å². The summed E-state index contributed by atoms with van der Waals surface area (Å²) in [5.41, 5.74) is 10.1. The van der Waals surface area contributed by atoms with E-state index < -0.39 is 0 Å². The minimum absolute atomic E-state index is 0.134. The molecule has 7 aromatic carbocycles. The van der Waals surface area contributed by atoms with Crippen molar-refractivity contribution in [2.75, 3.05) is 0 Å². The van der Waals surface area contributed by atoms with Crippen LogP contribution >= 0.6 is 0 Å². The van der Waals surface area contributed by atoms with Gasteiger partial charge in [0.05, 0.1) is 0 Å². The van der Waals surface area contributed by atoms with Crippen LogP contribution in [-0.4, -0.2) is 19.9 Å². The number of pyridine rings is 1. The van der Waals surface area contributed by atoms with Gasteiger partial charge >= 0.3 is 0 Å². The Hall–Kier alpha value is -6.26. The lowest BCUT2D eigenvalue weighted by Gasteiger charge is -2.21. The maximum atomic E-state index is 5.25. The molecule has 2 aromatic heterocycles. The minimum Gasteiger partial charge on any atom is -0.264 e. The first kappa shape index (κ1) is 27.8. The molecule has 0 saturated heterocycles. The van der Waals surface area contributed by atoms with Crippen LogP contribution in [0.1, 0.15) is 25.0 Å². The highest BCUT2D eigenvalue weighted by Gasteiger charge is 2.35. The average Bonchev–Trinajstić information content (AvgIpc) is 3.39. The molecule has 0 atom stereocenters. The number of aromatic nitrogens is 4. The Balaban J connectivity index is 1.21. The van der Waals surface area contributed by atoms with Gasteiger partial charge in [-0.15, -0.1) is 0 Å². The van der Waals surface area contributed by atoms with Crippen LogP contribution < -0.4 is 0 Å². The number of rotatable bonds is 4. The molecule has 0 fully saturated rings. The number of nitrogens with zero attached hydrogens (tertiary/aromatic N) is 4. The van der Waals surface area contributed by atoms with Crippen LogP contribution in [0.3, 0.4) is 0 Å². The van der Waals surface area contributed by atoms with Gasteiger partial charge in [-0.1, -0.05) is 123 Å². The van der Waals surface area contributed by atoms with Crippen molar-refractivity contribution in [3.63, 3.8) is 0 Å². The molecule has 4 heteroatoms. The third-order valence-corrected chi connectivity index (χ3v) is 10.4. The number of fused-ring (bicyclic) bond motifs is 3. The van der Waals surface area contributed by atoms with Gasteiger partial charge in [-0.3, -0.25) is 4.98 Å². The molecule has 0 radical (unpaired) electrons. The molecule has 0 aliphatic heterocycles. The standard InChI is InChI=1S/C45H30N4/c1-45(2)38-14-4-3-13-34(38)35-20-19-32(25-39(35)45)43-47-42(31-11-6-10-30(24-31)33-12-7-23-46-26-33)48-44(49-43)37-22-18-29-16-15-27-8-5-9-28-17-21-36(37)41(29)40(27)28/h3-26H,1-2H3. The fourth-order valence-electron chi connectivity index (χ4n) is 7.90. The lowest BCUT2D eigenvalue weighted by atomic mass is 9.82. The minimum atomic E-state index is -0.134. The quantitative estimate of drug-likeness (QED) is 0.182. The molecule has 0 spiro atoms. The van der Waals surface area contributed by atoms with E-state index in [2.05, 4.69) is 146 Å². The molecule has 0 bridgehead atoms. The number of hydrogen-bond donors (Lipinski definition) is 0. The number of benzene rings is 7. The van der Waals surface area contributed by atoms with Crippen LogP contribution in [0.25, 0.3) is 88.7 Å². The molecule has 0 amide bonds. The first-order chi connectivity index (χ1) is 24.0. The molecule has 0 N–H and O–H groups in total. The van der Waals surface area contributed by atoms with Crippen molar-refractivity contribution in [1.29, 1.82) is 0 Å². The number of hydrogen-bond acceptors (Lipinski definition) is 4. The first-order valence-electron chi connectivity index (χ1n) is 16.7. The highest BCUT2D eigenvalue weighted by molar-refractivity contribution is 6.25. The summed E-state index contributed by atoms with van der Waals surface area (Å²) >= 11 is 0. The fourth-order valence-corrected chi connectivity index (χ4v) is 7.90. The monoisotopic (exact) mass is 626 g/mol. The zero-order valence-corrected chi connectivity index (χ0v) is 27.1. The predicted octanol–water partition coefficient (Wildman–Crippen LogP) is 11.1. The second-order valence-electron chi connectivity index (χ2n) is 13.5. The molecule has 4 nitrogen and oxygen atoms in total. The topological polar surface area (TPSA) is 51.6 Å². The van der Waals surface area contributed by atoms with Crippen molar-refractivity contribution in [3.8, 4) is 56.4 Å². The van der Waals surface area contributed by atoms with Crippen molar-refractivity contribution in [1.82, 2.24) is 19.9 Å². The van der Waals surface area contributed by atoms with E-state index in [1.54, 1.807) is 6.20 Å². The molecule has 1 aliphatic rings. The van der Waals surface area contributed by atoms with Gasteiger partial charge in [-0.2, -0.15) is 0 Å². The Morgan fingerprint density at radius 2 is 1.06 bits per heavy atom. The Morgan fingerprint density at radius 3 is 1.88 bits per heavy atom. The molecule has 0 unspecified atom stereocenters. The fraction of sp³-hybridized carbons (Fsp3) is 0.0667. The molecule has 1 aliphatic carbocycles. The van der Waals surface area contributed by atoms with E-state index in [9.17, 15) is 0 Å². The second-order valence-corrected chi connectivity index (χ2v) is 13.5. The van der Waals surface area contributed by atoms with Gasteiger partial charge in [0.2, 0.25) is 0 Å². The van der Waals surface area contributed by atoms with Gasteiger partial charge in [0, 0.05) is 40.1 Å². The van der Waals surface area contributed by atoms with Crippen LogP contribution in [0, 0.1) is 0 Å². The molecule has 49 heavy (non-hydrogen) atoms. The van der Waals surface area contributed by atoms with Crippen LogP contribution in [0.4, 0.5) is 0 Å². The van der Waals surface area contributed by atoms with Gasteiger partial charge in [0.1, 0.15) is 0 Å². The van der Waals surface area contributed by atoms with E-state index >= 15 is 0 Å². The maximum absolute atomic E-state index is 5.25. The lowest BCUT2D eigenvalue weighted by molar-refractivity contribution is 0.660. The van der Waals surface area contributed by atoms with Crippen LogP contribution in [-0.2, 0) is 5.41 Å². The summed E-state index contributed by atoms with van der Waals surface area (Å²) < 4.78 is 0. The molecular formula is C45H30N4. The second kappa shape index (κ2) is 10.4. The largest absolute Gasteiger partial charge is 0.264 e.